The summed E-state index contributed by atoms with van der Waals surface area (Å²) in [5.41, 5.74) is 6.78. The molecule has 1 saturated carbocycles. The van der Waals surface area contributed by atoms with Gasteiger partial charge in [0.15, 0.2) is 11.6 Å². The van der Waals surface area contributed by atoms with Crippen LogP contribution in [0.4, 0.5) is 10.1 Å². The molecule has 0 amide bonds. The molecule has 1 aromatic heterocycles. The van der Waals surface area contributed by atoms with Crippen molar-refractivity contribution in [2.45, 2.75) is 39.2 Å². The van der Waals surface area contributed by atoms with Crippen molar-refractivity contribution in [1.29, 1.82) is 0 Å². The van der Waals surface area contributed by atoms with Crippen LogP contribution in [0.5, 0.6) is 5.75 Å². The molecular weight excluding hydrogens is 267 g/mol. The van der Waals surface area contributed by atoms with E-state index < -0.39 is 5.82 Å². The van der Waals surface area contributed by atoms with Crippen molar-refractivity contribution in [3.63, 3.8) is 0 Å². The van der Waals surface area contributed by atoms with E-state index in [4.69, 9.17) is 10.5 Å². The molecule has 3 nitrogen and oxygen atoms in total. The summed E-state index contributed by atoms with van der Waals surface area (Å²) in [5, 5.41) is 0.741. The van der Waals surface area contributed by atoms with E-state index in [-0.39, 0.29) is 11.9 Å². The summed E-state index contributed by atoms with van der Waals surface area (Å²) in [5.74, 6) is 1.03. The van der Waals surface area contributed by atoms with E-state index in [1.807, 2.05) is 6.07 Å². The lowest BCUT2D eigenvalue weighted by Crippen LogP contribution is -2.29. The minimum Gasteiger partial charge on any atom is -0.485 e. The Balaban J connectivity index is 1.97. The van der Waals surface area contributed by atoms with Crippen LogP contribution in [0.15, 0.2) is 24.4 Å². The lowest BCUT2D eigenvalue weighted by molar-refractivity contribution is 0.0984. The second-order valence-corrected chi connectivity index (χ2v) is 6.33. The van der Waals surface area contributed by atoms with Gasteiger partial charge in [0, 0.05) is 23.3 Å². The summed E-state index contributed by atoms with van der Waals surface area (Å²) in [6.45, 7) is 4.45. The number of halogens is 1. The van der Waals surface area contributed by atoms with E-state index in [1.165, 1.54) is 12.5 Å². The number of ether oxygens (including phenoxy) is 1. The number of hydrogen-bond donors (Lipinski definition) is 1. The predicted molar refractivity (Wildman–Crippen MR) is 82.7 cm³/mol. The van der Waals surface area contributed by atoms with Gasteiger partial charge >= 0.3 is 0 Å². The first kappa shape index (κ1) is 14.1. The molecule has 0 spiro atoms. The van der Waals surface area contributed by atoms with Crippen LogP contribution in [0, 0.1) is 17.7 Å². The fraction of sp³-hybridized carbons (Fsp3) is 0.471. The van der Waals surface area contributed by atoms with Gasteiger partial charge in [0.05, 0.1) is 6.10 Å². The Bertz CT molecular complexity index is 649. The van der Waals surface area contributed by atoms with Crippen molar-refractivity contribution in [1.82, 2.24) is 4.98 Å². The molecule has 1 aliphatic rings. The summed E-state index contributed by atoms with van der Waals surface area (Å²) < 4.78 is 20.3. The maximum Gasteiger partial charge on any atom is 0.181 e. The Hall–Kier alpha value is -1.84. The number of nitrogens with zero attached hydrogens (tertiary/aromatic N) is 1. The Kier molecular flexibility index (Phi) is 3.70. The number of fused-ring (bicyclic) bond motifs is 1. The summed E-state index contributed by atoms with van der Waals surface area (Å²) in [6, 6.07) is 4.97. The normalized spacial score (nSPS) is 26.0. The number of nitrogen functional groups attached to an aromatic ring is 1. The number of pyridine rings is 1. The van der Waals surface area contributed by atoms with Crippen LogP contribution >= 0.6 is 0 Å². The number of benzene rings is 1. The van der Waals surface area contributed by atoms with Crippen LogP contribution < -0.4 is 10.5 Å². The molecule has 0 bridgehead atoms. The Morgan fingerprint density at radius 2 is 1.95 bits per heavy atom. The van der Waals surface area contributed by atoms with Crippen LogP contribution in [-0.4, -0.2) is 11.1 Å². The first-order valence-electron chi connectivity index (χ1n) is 7.54. The monoisotopic (exact) mass is 288 g/mol. The van der Waals surface area contributed by atoms with Crippen molar-refractivity contribution in [2.24, 2.45) is 11.8 Å². The third-order valence-electron chi connectivity index (χ3n) is 4.25. The summed E-state index contributed by atoms with van der Waals surface area (Å²) >= 11 is 0. The van der Waals surface area contributed by atoms with Gasteiger partial charge in [-0.25, -0.2) is 4.39 Å². The zero-order chi connectivity index (χ0) is 15.0. The molecule has 0 radical (unpaired) electrons. The number of aromatic nitrogens is 1. The third kappa shape index (κ3) is 2.80. The summed E-state index contributed by atoms with van der Waals surface area (Å²) in [4.78, 5) is 4.26. The van der Waals surface area contributed by atoms with Crippen LogP contribution in [-0.2, 0) is 0 Å². The molecule has 1 aromatic carbocycles. The zero-order valence-electron chi connectivity index (χ0n) is 12.5. The molecular formula is C17H21FN2O. The van der Waals surface area contributed by atoms with Gasteiger partial charge < -0.3 is 10.5 Å². The standard InChI is InChI=1S/C17H21FN2O/c1-10-6-11(2)8-12(7-10)21-17-14(18)9-15(19)13-4-3-5-20-16(13)17/h3-5,9-12H,6-8,19H2,1-2H3. The van der Waals surface area contributed by atoms with Gasteiger partial charge in [0.1, 0.15) is 5.52 Å². The van der Waals surface area contributed by atoms with Gasteiger partial charge in [-0.1, -0.05) is 13.8 Å². The molecule has 2 atom stereocenters. The van der Waals surface area contributed by atoms with E-state index in [0.29, 0.717) is 23.0 Å². The van der Waals surface area contributed by atoms with E-state index in [0.717, 1.165) is 18.2 Å². The van der Waals surface area contributed by atoms with E-state index in [1.54, 1.807) is 12.3 Å². The molecule has 1 fully saturated rings. The summed E-state index contributed by atoms with van der Waals surface area (Å²) in [7, 11) is 0. The quantitative estimate of drug-likeness (QED) is 0.844. The molecule has 0 aliphatic heterocycles. The molecule has 112 valence electrons. The number of hydrogen-bond acceptors (Lipinski definition) is 3. The first-order chi connectivity index (χ1) is 10.0. The van der Waals surface area contributed by atoms with E-state index in [9.17, 15) is 4.39 Å². The molecule has 2 aromatic rings. The highest BCUT2D eigenvalue weighted by atomic mass is 19.1. The van der Waals surface area contributed by atoms with Gasteiger partial charge in [-0.05, 0) is 43.2 Å². The minimum atomic E-state index is -0.426. The highest BCUT2D eigenvalue weighted by Gasteiger charge is 2.27. The lowest BCUT2D eigenvalue weighted by atomic mass is 9.82. The van der Waals surface area contributed by atoms with Crippen molar-refractivity contribution in [3.05, 3.63) is 30.2 Å². The van der Waals surface area contributed by atoms with Crippen molar-refractivity contribution >= 4 is 16.6 Å². The number of nitrogens with two attached hydrogens (primary N) is 1. The molecule has 1 aliphatic carbocycles. The molecule has 2 N–H and O–H groups in total. The van der Waals surface area contributed by atoms with Gasteiger partial charge in [0.2, 0.25) is 0 Å². The van der Waals surface area contributed by atoms with Crippen LogP contribution in [0.2, 0.25) is 0 Å². The van der Waals surface area contributed by atoms with Gasteiger partial charge in [-0.15, -0.1) is 0 Å². The molecule has 0 saturated heterocycles. The average molecular weight is 288 g/mol. The molecule has 1 heterocycles. The van der Waals surface area contributed by atoms with Crippen molar-refractivity contribution < 1.29 is 9.13 Å². The highest BCUT2D eigenvalue weighted by Crippen LogP contribution is 2.36. The SMILES string of the molecule is CC1CC(C)CC(Oc2c(F)cc(N)c3cccnc23)C1. The van der Waals surface area contributed by atoms with Gasteiger partial charge in [-0.3, -0.25) is 4.98 Å². The van der Waals surface area contributed by atoms with E-state index in [2.05, 4.69) is 18.8 Å². The molecule has 4 heteroatoms. The lowest BCUT2D eigenvalue weighted by Gasteiger charge is -2.32. The summed E-state index contributed by atoms with van der Waals surface area (Å²) in [6.07, 6.45) is 4.82. The Labute approximate surface area is 124 Å². The van der Waals surface area contributed by atoms with Gasteiger partial charge in [-0.2, -0.15) is 0 Å². The topological polar surface area (TPSA) is 48.1 Å². The van der Waals surface area contributed by atoms with E-state index >= 15 is 0 Å². The molecule has 2 unspecified atom stereocenters. The second kappa shape index (κ2) is 5.51. The Morgan fingerprint density at radius 1 is 1.24 bits per heavy atom. The molecule has 3 rings (SSSR count). The fourth-order valence-corrected chi connectivity index (χ4v) is 3.46. The average Bonchev–Trinajstić information content (AvgIpc) is 2.42. The second-order valence-electron chi connectivity index (χ2n) is 6.33. The highest BCUT2D eigenvalue weighted by molar-refractivity contribution is 5.94. The fourth-order valence-electron chi connectivity index (χ4n) is 3.46. The number of anilines is 1. The van der Waals surface area contributed by atoms with Crippen LogP contribution in [0.25, 0.3) is 10.9 Å². The third-order valence-corrected chi connectivity index (χ3v) is 4.25. The van der Waals surface area contributed by atoms with Crippen molar-refractivity contribution in [3.8, 4) is 5.75 Å². The molecule has 21 heavy (non-hydrogen) atoms. The predicted octanol–water partition coefficient (Wildman–Crippen LogP) is 4.16. The van der Waals surface area contributed by atoms with Crippen LogP contribution in [0.3, 0.4) is 0 Å². The Morgan fingerprint density at radius 3 is 2.67 bits per heavy atom. The largest absolute Gasteiger partial charge is 0.485 e. The maximum atomic E-state index is 14.3. The maximum absolute atomic E-state index is 14.3. The first-order valence-corrected chi connectivity index (χ1v) is 7.54. The zero-order valence-corrected chi connectivity index (χ0v) is 12.5. The number of rotatable bonds is 2. The minimum absolute atomic E-state index is 0.0482. The van der Waals surface area contributed by atoms with Gasteiger partial charge in [0.25, 0.3) is 0 Å². The smallest absolute Gasteiger partial charge is 0.181 e. The van der Waals surface area contributed by atoms with Crippen molar-refractivity contribution in [2.75, 3.05) is 5.73 Å². The van der Waals surface area contributed by atoms with Crippen LogP contribution in [0.1, 0.15) is 33.1 Å².